The number of rotatable bonds is 4. The maximum absolute atomic E-state index is 13.0. The van der Waals surface area contributed by atoms with Crippen molar-refractivity contribution < 1.29 is 19.1 Å². The van der Waals surface area contributed by atoms with Gasteiger partial charge in [0.1, 0.15) is 5.75 Å². The molecule has 26 heavy (non-hydrogen) atoms. The highest BCUT2D eigenvalue weighted by Crippen LogP contribution is 2.44. The van der Waals surface area contributed by atoms with E-state index in [-0.39, 0.29) is 29.2 Å². The third-order valence-corrected chi connectivity index (χ3v) is 5.51. The Hall–Kier alpha value is -2.08. The average molecular weight is 360 g/mol. The van der Waals surface area contributed by atoms with Gasteiger partial charge in [-0.2, -0.15) is 0 Å². The summed E-state index contributed by atoms with van der Waals surface area (Å²) in [7, 11) is 1.60. The van der Waals surface area contributed by atoms with E-state index in [9.17, 15) is 9.59 Å². The topological polar surface area (TPSA) is 67.9 Å². The molecule has 0 saturated carbocycles. The Kier molecular flexibility index (Phi) is 5.51. The van der Waals surface area contributed by atoms with Crippen molar-refractivity contribution in [1.82, 2.24) is 10.2 Å². The van der Waals surface area contributed by atoms with E-state index in [0.29, 0.717) is 31.9 Å². The summed E-state index contributed by atoms with van der Waals surface area (Å²) in [6.07, 6.45) is 1.63. The van der Waals surface area contributed by atoms with Crippen LogP contribution in [0.15, 0.2) is 24.3 Å². The Labute approximate surface area is 154 Å². The number of amides is 2. The first-order chi connectivity index (χ1) is 12.4. The highest BCUT2D eigenvalue weighted by molar-refractivity contribution is 5.95. The summed E-state index contributed by atoms with van der Waals surface area (Å²) in [6, 6.07) is 7.22. The zero-order chi connectivity index (χ0) is 18.7. The quantitative estimate of drug-likeness (QED) is 0.893. The highest BCUT2D eigenvalue weighted by Gasteiger charge is 2.51. The molecule has 6 nitrogen and oxygen atoms in total. The largest absolute Gasteiger partial charge is 0.497 e. The first-order valence-corrected chi connectivity index (χ1v) is 9.27. The van der Waals surface area contributed by atoms with Gasteiger partial charge in [0.25, 0.3) is 5.91 Å². The molecule has 0 aromatic heterocycles. The number of ether oxygens (including phenoxy) is 2. The van der Waals surface area contributed by atoms with Gasteiger partial charge in [-0.15, -0.1) is 0 Å². The van der Waals surface area contributed by atoms with Crippen LogP contribution in [0.4, 0.5) is 0 Å². The summed E-state index contributed by atoms with van der Waals surface area (Å²) >= 11 is 0. The zero-order valence-corrected chi connectivity index (χ0v) is 15.8. The van der Waals surface area contributed by atoms with E-state index in [1.807, 2.05) is 18.7 Å². The van der Waals surface area contributed by atoms with E-state index in [1.54, 1.807) is 31.4 Å². The predicted molar refractivity (Wildman–Crippen MR) is 98.2 cm³/mol. The van der Waals surface area contributed by atoms with Crippen LogP contribution >= 0.6 is 0 Å². The number of carbonyl (C=O) groups is 2. The molecule has 2 saturated heterocycles. The maximum Gasteiger partial charge on any atom is 0.253 e. The molecule has 0 bridgehead atoms. The van der Waals surface area contributed by atoms with Gasteiger partial charge in [-0.05, 0) is 51.0 Å². The molecule has 2 aliphatic rings. The van der Waals surface area contributed by atoms with Crippen molar-refractivity contribution in [3.05, 3.63) is 29.8 Å². The molecule has 6 heteroatoms. The van der Waals surface area contributed by atoms with Gasteiger partial charge in [0.05, 0.1) is 13.0 Å². The minimum Gasteiger partial charge on any atom is -0.497 e. The fraction of sp³-hybridized carbons (Fsp3) is 0.600. The van der Waals surface area contributed by atoms with Gasteiger partial charge in [0.2, 0.25) is 5.91 Å². The van der Waals surface area contributed by atoms with Crippen LogP contribution in [0.2, 0.25) is 0 Å². The molecule has 2 amide bonds. The second-order valence-corrected chi connectivity index (χ2v) is 7.60. The monoisotopic (exact) mass is 360 g/mol. The van der Waals surface area contributed by atoms with E-state index < -0.39 is 0 Å². The minimum atomic E-state index is -0.184. The molecule has 2 aliphatic heterocycles. The molecule has 1 aromatic rings. The number of benzene rings is 1. The number of methoxy groups -OCH3 is 1. The third kappa shape index (κ3) is 3.70. The lowest BCUT2D eigenvalue weighted by atomic mass is 9.71. The van der Waals surface area contributed by atoms with Gasteiger partial charge in [0.15, 0.2) is 0 Å². The lowest BCUT2D eigenvalue weighted by Gasteiger charge is -2.37. The molecule has 1 atom stereocenters. The molecule has 3 rings (SSSR count). The molecule has 1 spiro atoms. The third-order valence-electron chi connectivity index (χ3n) is 5.51. The van der Waals surface area contributed by atoms with E-state index in [0.717, 1.165) is 18.6 Å². The van der Waals surface area contributed by atoms with Crippen LogP contribution in [-0.4, -0.2) is 56.2 Å². The van der Waals surface area contributed by atoms with Crippen molar-refractivity contribution in [1.29, 1.82) is 0 Å². The average Bonchev–Trinajstić information content (AvgIpc) is 3.00. The summed E-state index contributed by atoms with van der Waals surface area (Å²) in [5, 5.41) is 3.04. The van der Waals surface area contributed by atoms with Crippen LogP contribution in [0.5, 0.6) is 5.75 Å². The predicted octanol–water partition coefficient (Wildman–Crippen LogP) is 2.09. The lowest BCUT2D eigenvalue weighted by molar-refractivity contribution is -0.130. The van der Waals surface area contributed by atoms with Crippen molar-refractivity contribution in [3.63, 3.8) is 0 Å². The summed E-state index contributed by atoms with van der Waals surface area (Å²) in [5.41, 5.74) is 0.442. The van der Waals surface area contributed by atoms with Crippen molar-refractivity contribution in [2.45, 2.75) is 32.7 Å². The van der Waals surface area contributed by atoms with Crippen LogP contribution in [0.3, 0.4) is 0 Å². The maximum atomic E-state index is 13.0. The SMILES string of the molecule is COc1ccc(C(=O)N2C[C@H](C(=O)NC(C)C)C3(CCOCC3)C2)cc1. The van der Waals surface area contributed by atoms with Crippen molar-refractivity contribution in [3.8, 4) is 5.75 Å². The van der Waals surface area contributed by atoms with Gasteiger partial charge in [-0.1, -0.05) is 0 Å². The van der Waals surface area contributed by atoms with Crippen LogP contribution in [0.1, 0.15) is 37.0 Å². The lowest BCUT2D eigenvalue weighted by Crippen LogP contribution is -2.46. The Morgan fingerprint density at radius 2 is 1.88 bits per heavy atom. The van der Waals surface area contributed by atoms with Crippen LogP contribution in [0, 0.1) is 11.3 Å². The molecule has 1 aromatic carbocycles. The summed E-state index contributed by atoms with van der Waals surface area (Å²) < 4.78 is 10.7. The molecule has 0 radical (unpaired) electrons. The van der Waals surface area contributed by atoms with Gasteiger partial charge >= 0.3 is 0 Å². The normalized spacial score (nSPS) is 21.8. The zero-order valence-electron chi connectivity index (χ0n) is 15.8. The van der Waals surface area contributed by atoms with Gasteiger partial charge in [0, 0.05) is 43.3 Å². The smallest absolute Gasteiger partial charge is 0.253 e. The first-order valence-electron chi connectivity index (χ1n) is 9.27. The van der Waals surface area contributed by atoms with Crippen LogP contribution in [0.25, 0.3) is 0 Å². The fourth-order valence-electron chi connectivity index (χ4n) is 4.07. The van der Waals surface area contributed by atoms with Gasteiger partial charge in [-0.25, -0.2) is 0 Å². The number of hydrogen-bond acceptors (Lipinski definition) is 4. The summed E-state index contributed by atoms with van der Waals surface area (Å²) in [4.78, 5) is 27.6. The van der Waals surface area contributed by atoms with Crippen LogP contribution < -0.4 is 10.1 Å². The van der Waals surface area contributed by atoms with Crippen LogP contribution in [-0.2, 0) is 9.53 Å². The Balaban J connectivity index is 1.80. The number of hydrogen-bond donors (Lipinski definition) is 1. The standard InChI is InChI=1S/C20H28N2O4/c1-14(2)21-18(23)17-12-22(13-20(17)8-10-26-11-9-20)19(24)15-4-6-16(25-3)7-5-15/h4-7,14,17H,8-13H2,1-3H3,(H,21,23)/t17-/m1/s1. The van der Waals surface area contributed by atoms with Crippen molar-refractivity contribution in [2.75, 3.05) is 33.4 Å². The minimum absolute atomic E-state index is 0.0293. The van der Waals surface area contributed by atoms with Crippen molar-refractivity contribution >= 4 is 11.8 Å². The molecule has 2 fully saturated rings. The first kappa shape index (κ1) is 18.7. The Morgan fingerprint density at radius 3 is 2.46 bits per heavy atom. The number of likely N-dealkylation sites (tertiary alicyclic amines) is 1. The molecule has 0 unspecified atom stereocenters. The van der Waals surface area contributed by atoms with E-state index >= 15 is 0 Å². The number of carbonyl (C=O) groups excluding carboxylic acids is 2. The summed E-state index contributed by atoms with van der Waals surface area (Å²) in [6.45, 7) is 6.29. The summed E-state index contributed by atoms with van der Waals surface area (Å²) in [5.74, 6) is 0.555. The molecule has 142 valence electrons. The Bertz CT molecular complexity index is 650. The van der Waals surface area contributed by atoms with E-state index in [1.165, 1.54) is 0 Å². The highest BCUT2D eigenvalue weighted by atomic mass is 16.5. The van der Waals surface area contributed by atoms with E-state index in [4.69, 9.17) is 9.47 Å². The molecule has 2 heterocycles. The van der Waals surface area contributed by atoms with Gasteiger partial charge in [-0.3, -0.25) is 9.59 Å². The fourth-order valence-corrected chi connectivity index (χ4v) is 4.07. The van der Waals surface area contributed by atoms with Crippen molar-refractivity contribution in [2.24, 2.45) is 11.3 Å². The second-order valence-electron chi connectivity index (χ2n) is 7.60. The molecule has 0 aliphatic carbocycles. The molecular weight excluding hydrogens is 332 g/mol. The second kappa shape index (κ2) is 7.66. The Morgan fingerprint density at radius 1 is 1.23 bits per heavy atom. The number of nitrogens with one attached hydrogen (secondary N) is 1. The van der Waals surface area contributed by atoms with Gasteiger partial charge < -0.3 is 19.7 Å². The molecular formula is C20H28N2O4. The molecule has 1 N–H and O–H groups in total. The van der Waals surface area contributed by atoms with E-state index in [2.05, 4.69) is 5.32 Å². The number of nitrogens with zero attached hydrogens (tertiary/aromatic N) is 1.